The molecule has 3 rings (SSSR count). The molecule has 0 aliphatic carbocycles. The van der Waals surface area contributed by atoms with Gasteiger partial charge in [0.25, 0.3) is 5.91 Å². The van der Waals surface area contributed by atoms with Gasteiger partial charge in [0, 0.05) is 6.54 Å². The Balaban J connectivity index is 1.49. The lowest BCUT2D eigenvalue weighted by atomic mass is 10.1. The number of amides is 4. The number of carbonyl (C=O) groups is 3. The second-order valence-corrected chi connectivity index (χ2v) is 6.15. The van der Waals surface area contributed by atoms with E-state index in [-0.39, 0.29) is 31.3 Å². The fraction of sp³-hybridized carbons (Fsp3) is 0.316. The zero-order valence-electron chi connectivity index (χ0n) is 14.9. The smallest absolute Gasteiger partial charge is 0.324 e. The molecule has 1 atom stereocenters. The summed E-state index contributed by atoms with van der Waals surface area (Å²) in [5, 5.41) is 5.23. The van der Waals surface area contributed by atoms with Crippen LogP contribution in [0.15, 0.2) is 47.1 Å². The van der Waals surface area contributed by atoms with Gasteiger partial charge in [-0.05, 0) is 36.2 Å². The van der Waals surface area contributed by atoms with Gasteiger partial charge in [0.15, 0.2) is 0 Å². The number of hydrogen-bond acceptors (Lipinski definition) is 5. The molecule has 0 saturated carbocycles. The first kappa shape index (κ1) is 18.5. The summed E-state index contributed by atoms with van der Waals surface area (Å²) < 4.78 is 10.2. The predicted molar refractivity (Wildman–Crippen MR) is 95.9 cm³/mol. The summed E-state index contributed by atoms with van der Waals surface area (Å²) in [5.74, 6) is 0.643. The number of ether oxygens (including phenoxy) is 1. The van der Waals surface area contributed by atoms with E-state index in [1.807, 2.05) is 24.3 Å². The number of nitrogens with zero attached hydrogens (tertiary/aromatic N) is 1. The van der Waals surface area contributed by atoms with Crippen LogP contribution in [0.3, 0.4) is 0 Å². The van der Waals surface area contributed by atoms with Gasteiger partial charge in [-0.25, -0.2) is 4.79 Å². The summed E-state index contributed by atoms with van der Waals surface area (Å²) in [5.41, 5.74) is 0.982. The molecule has 2 N–H and O–H groups in total. The molecule has 0 spiro atoms. The van der Waals surface area contributed by atoms with Crippen molar-refractivity contribution in [3.05, 3.63) is 54.0 Å². The van der Waals surface area contributed by atoms with E-state index in [2.05, 4.69) is 10.6 Å². The number of benzene rings is 1. The van der Waals surface area contributed by atoms with Crippen LogP contribution in [-0.4, -0.2) is 42.4 Å². The van der Waals surface area contributed by atoms with Gasteiger partial charge in [-0.2, -0.15) is 0 Å². The fourth-order valence-corrected chi connectivity index (χ4v) is 2.82. The molecule has 1 unspecified atom stereocenters. The zero-order valence-corrected chi connectivity index (χ0v) is 14.9. The van der Waals surface area contributed by atoms with E-state index in [9.17, 15) is 14.4 Å². The Morgan fingerprint density at radius 1 is 1.26 bits per heavy atom. The molecule has 8 nitrogen and oxygen atoms in total. The van der Waals surface area contributed by atoms with Crippen LogP contribution < -0.4 is 15.4 Å². The lowest BCUT2D eigenvalue weighted by Gasteiger charge is -2.13. The molecule has 0 bridgehead atoms. The monoisotopic (exact) mass is 371 g/mol. The Morgan fingerprint density at radius 2 is 2.04 bits per heavy atom. The first-order valence-corrected chi connectivity index (χ1v) is 8.60. The van der Waals surface area contributed by atoms with Crippen LogP contribution in [0, 0.1) is 0 Å². The van der Waals surface area contributed by atoms with E-state index in [1.165, 1.54) is 6.26 Å². The van der Waals surface area contributed by atoms with Crippen LogP contribution in [0.4, 0.5) is 4.79 Å². The minimum atomic E-state index is -0.843. The quantitative estimate of drug-likeness (QED) is 0.684. The third-order valence-electron chi connectivity index (χ3n) is 4.32. The van der Waals surface area contributed by atoms with Gasteiger partial charge >= 0.3 is 6.03 Å². The molecule has 2 aromatic rings. The second kappa shape index (κ2) is 8.39. The Bertz CT molecular complexity index is 801. The minimum Gasteiger partial charge on any atom is -0.497 e. The van der Waals surface area contributed by atoms with E-state index < -0.39 is 12.1 Å². The van der Waals surface area contributed by atoms with Crippen LogP contribution in [0.25, 0.3) is 0 Å². The van der Waals surface area contributed by atoms with Crippen molar-refractivity contribution >= 4 is 17.8 Å². The average Bonchev–Trinajstić information content (AvgIpc) is 3.28. The third-order valence-corrected chi connectivity index (χ3v) is 4.32. The highest BCUT2D eigenvalue weighted by molar-refractivity contribution is 6.05. The highest BCUT2D eigenvalue weighted by Crippen LogP contribution is 2.14. The lowest BCUT2D eigenvalue weighted by molar-refractivity contribution is -0.130. The number of carbonyl (C=O) groups excluding carboxylic acids is 3. The molecule has 27 heavy (non-hydrogen) atoms. The number of urea groups is 1. The molecule has 8 heteroatoms. The minimum absolute atomic E-state index is 0.107. The van der Waals surface area contributed by atoms with E-state index in [1.54, 1.807) is 19.2 Å². The largest absolute Gasteiger partial charge is 0.497 e. The summed E-state index contributed by atoms with van der Waals surface area (Å²) in [4.78, 5) is 37.7. The highest BCUT2D eigenvalue weighted by atomic mass is 16.5. The number of hydrogen-bond donors (Lipinski definition) is 2. The number of imide groups is 1. The molecule has 2 heterocycles. The summed E-state index contributed by atoms with van der Waals surface area (Å²) in [7, 11) is 1.59. The summed E-state index contributed by atoms with van der Waals surface area (Å²) in [6.07, 6.45) is 1.94. The van der Waals surface area contributed by atoms with E-state index in [0.717, 1.165) is 16.2 Å². The zero-order chi connectivity index (χ0) is 19.2. The first-order valence-electron chi connectivity index (χ1n) is 8.60. The maximum absolute atomic E-state index is 12.4. The molecule has 1 saturated heterocycles. The van der Waals surface area contributed by atoms with Crippen molar-refractivity contribution in [2.45, 2.75) is 25.4 Å². The van der Waals surface area contributed by atoms with Gasteiger partial charge in [-0.1, -0.05) is 12.1 Å². The number of nitrogens with one attached hydrogen (secondary N) is 2. The second-order valence-electron chi connectivity index (χ2n) is 6.15. The average molecular weight is 371 g/mol. The van der Waals surface area contributed by atoms with Gasteiger partial charge in [0.05, 0.1) is 26.3 Å². The molecular formula is C19H21N3O5. The standard InChI is InChI=1S/C19H21N3O5/c1-26-14-6-4-13(5-7-14)8-9-22-18(24)16(21-19(22)25)11-17(23)20-12-15-3-2-10-27-15/h2-7,10,16H,8-9,11-12H2,1H3,(H,20,23)(H,21,25). The van der Waals surface area contributed by atoms with Crippen LogP contribution in [0.5, 0.6) is 5.75 Å². The molecule has 142 valence electrons. The SMILES string of the molecule is COc1ccc(CCN2C(=O)NC(CC(=O)NCc3ccco3)C2=O)cc1. The number of rotatable bonds is 8. The Labute approximate surface area is 156 Å². The third kappa shape index (κ3) is 4.66. The maximum atomic E-state index is 12.4. The van der Waals surface area contributed by atoms with Crippen LogP contribution >= 0.6 is 0 Å². The molecule has 4 amide bonds. The van der Waals surface area contributed by atoms with Crippen LogP contribution in [0.1, 0.15) is 17.7 Å². The Hall–Kier alpha value is -3.29. The highest BCUT2D eigenvalue weighted by Gasteiger charge is 2.38. The van der Waals surface area contributed by atoms with E-state index in [0.29, 0.717) is 12.2 Å². The van der Waals surface area contributed by atoms with Crippen molar-refractivity contribution < 1.29 is 23.5 Å². The van der Waals surface area contributed by atoms with Crippen molar-refractivity contribution in [2.75, 3.05) is 13.7 Å². The fourth-order valence-electron chi connectivity index (χ4n) is 2.82. The van der Waals surface area contributed by atoms with E-state index >= 15 is 0 Å². The molecule has 0 radical (unpaired) electrons. The van der Waals surface area contributed by atoms with Crippen molar-refractivity contribution in [2.24, 2.45) is 0 Å². The van der Waals surface area contributed by atoms with Crippen molar-refractivity contribution in [3.8, 4) is 5.75 Å². The van der Waals surface area contributed by atoms with Gasteiger partial charge in [0.2, 0.25) is 5.91 Å². The predicted octanol–water partition coefficient (Wildman–Crippen LogP) is 1.46. The number of methoxy groups -OCH3 is 1. The molecule has 1 aliphatic rings. The van der Waals surface area contributed by atoms with Crippen molar-refractivity contribution in [3.63, 3.8) is 0 Å². The Morgan fingerprint density at radius 3 is 2.70 bits per heavy atom. The summed E-state index contributed by atoms with van der Waals surface area (Å²) in [6, 6.07) is 9.57. The molecule has 1 aromatic carbocycles. The number of furan rings is 1. The lowest BCUT2D eigenvalue weighted by Crippen LogP contribution is -2.36. The molecule has 1 aliphatic heterocycles. The first-order chi connectivity index (χ1) is 13.1. The maximum Gasteiger partial charge on any atom is 0.324 e. The molecule has 1 aromatic heterocycles. The van der Waals surface area contributed by atoms with Crippen molar-refractivity contribution in [1.29, 1.82) is 0 Å². The van der Waals surface area contributed by atoms with Crippen LogP contribution in [0.2, 0.25) is 0 Å². The van der Waals surface area contributed by atoms with Gasteiger partial charge in [-0.15, -0.1) is 0 Å². The topological polar surface area (TPSA) is 101 Å². The van der Waals surface area contributed by atoms with Crippen molar-refractivity contribution in [1.82, 2.24) is 15.5 Å². The van der Waals surface area contributed by atoms with Gasteiger partial charge in [-0.3, -0.25) is 14.5 Å². The van der Waals surface area contributed by atoms with Gasteiger partial charge < -0.3 is 19.8 Å². The molecule has 1 fully saturated rings. The molecular weight excluding hydrogens is 350 g/mol. The van der Waals surface area contributed by atoms with E-state index in [4.69, 9.17) is 9.15 Å². The van der Waals surface area contributed by atoms with Crippen LogP contribution in [-0.2, 0) is 22.6 Å². The summed E-state index contributed by atoms with van der Waals surface area (Å²) in [6.45, 7) is 0.489. The normalized spacial score (nSPS) is 16.3. The van der Waals surface area contributed by atoms with Gasteiger partial charge in [0.1, 0.15) is 17.6 Å². The summed E-state index contributed by atoms with van der Waals surface area (Å²) >= 11 is 0. The Kier molecular flexibility index (Phi) is 5.75.